The van der Waals surface area contributed by atoms with Crippen LogP contribution in [0.25, 0.3) is 0 Å². The van der Waals surface area contributed by atoms with Crippen LogP contribution in [0.5, 0.6) is 5.75 Å². The van der Waals surface area contributed by atoms with Gasteiger partial charge in [-0.3, -0.25) is 10.1 Å². The van der Waals surface area contributed by atoms with Gasteiger partial charge in [0, 0.05) is 12.0 Å². The van der Waals surface area contributed by atoms with Crippen molar-refractivity contribution in [1.82, 2.24) is 0 Å². The van der Waals surface area contributed by atoms with E-state index in [4.69, 9.17) is 4.74 Å². The molecule has 0 aliphatic carbocycles. The summed E-state index contributed by atoms with van der Waals surface area (Å²) in [7, 11) is 0. The molecule has 0 saturated heterocycles. The quantitative estimate of drug-likeness (QED) is 0.447. The molecular formula is C14H21NO3S. The van der Waals surface area contributed by atoms with Crippen molar-refractivity contribution in [3.05, 3.63) is 33.9 Å². The minimum absolute atomic E-state index is 0.0498. The van der Waals surface area contributed by atoms with Gasteiger partial charge in [-0.15, -0.1) is 0 Å². The molecule has 0 heterocycles. The summed E-state index contributed by atoms with van der Waals surface area (Å²) in [5, 5.41) is 11.0. The molecule has 1 rings (SSSR count). The molecule has 0 amide bonds. The summed E-state index contributed by atoms with van der Waals surface area (Å²) < 4.78 is 5.61. The van der Waals surface area contributed by atoms with Gasteiger partial charge in [-0.2, -0.15) is 12.6 Å². The van der Waals surface area contributed by atoms with Crippen LogP contribution in [-0.4, -0.2) is 17.3 Å². The Labute approximate surface area is 119 Å². The average molecular weight is 283 g/mol. The summed E-state index contributed by atoms with van der Waals surface area (Å²) in [5.74, 6) is 1.41. The number of benzene rings is 1. The van der Waals surface area contributed by atoms with Crippen LogP contribution in [0.2, 0.25) is 0 Å². The van der Waals surface area contributed by atoms with E-state index in [1.54, 1.807) is 12.1 Å². The second kappa shape index (κ2) is 8.04. The van der Waals surface area contributed by atoms with Crippen molar-refractivity contribution in [3.8, 4) is 5.75 Å². The number of nitro benzene ring substituents is 1. The summed E-state index contributed by atoms with van der Waals surface area (Å²) in [6, 6.07) is 5.15. The monoisotopic (exact) mass is 283 g/mol. The van der Waals surface area contributed by atoms with Gasteiger partial charge >= 0.3 is 5.69 Å². The van der Waals surface area contributed by atoms with Crippen LogP contribution >= 0.6 is 12.6 Å². The topological polar surface area (TPSA) is 52.4 Å². The van der Waals surface area contributed by atoms with Crippen LogP contribution in [0.15, 0.2) is 18.2 Å². The van der Waals surface area contributed by atoms with Gasteiger partial charge in [0.15, 0.2) is 5.75 Å². The highest BCUT2D eigenvalue weighted by molar-refractivity contribution is 7.80. The van der Waals surface area contributed by atoms with Crippen molar-refractivity contribution in [3.63, 3.8) is 0 Å². The van der Waals surface area contributed by atoms with Crippen molar-refractivity contribution in [2.24, 2.45) is 5.92 Å². The van der Waals surface area contributed by atoms with Crippen LogP contribution in [0.1, 0.15) is 32.3 Å². The second-order valence-corrected chi connectivity index (χ2v) is 4.93. The van der Waals surface area contributed by atoms with E-state index in [-0.39, 0.29) is 10.6 Å². The van der Waals surface area contributed by atoms with Crippen molar-refractivity contribution in [1.29, 1.82) is 0 Å². The molecule has 0 bridgehead atoms. The molecule has 19 heavy (non-hydrogen) atoms. The van der Waals surface area contributed by atoms with Crippen LogP contribution in [-0.2, 0) is 6.42 Å². The fourth-order valence-corrected chi connectivity index (χ4v) is 2.18. The molecule has 4 nitrogen and oxygen atoms in total. The molecule has 1 atom stereocenters. The Morgan fingerprint density at radius 2 is 2.16 bits per heavy atom. The van der Waals surface area contributed by atoms with E-state index in [1.165, 1.54) is 0 Å². The standard InChI is InChI=1S/C14H21NO3S/c1-3-5-12(10-19)9-18-14-7-6-11(4-2)8-13(14)15(16)17/h6-8,12,19H,3-5,9-10H2,1-2H3. The zero-order valence-corrected chi connectivity index (χ0v) is 12.4. The summed E-state index contributed by atoms with van der Waals surface area (Å²) >= 11 is 4.28. The van der Waals surface area contributed by atoms with E-state index in [9.17, 15) is 10.1 Å². The first-order valence-electron chi connectivity index (χ1n) is 6.63. The second-order valence-electron chi connectivity index (χ2n) is 4.56. The van der Waals surface area contributed by atoms with E-state index >= 15 is 0 Å². The molecule has 5 heteroatoms. The van der Waals surface area contributed by atoms with Crippen LogP contribution in [0, 0.1) is 16.0 Å². The molecule has 0 aliphatic heterocycles. The minimum atomic E-state index is -0.385. The van der Waals surface area contributed by atoms with E-state index in [2.05, 4.69) is 19.6 Å². The van der Waals surface area contributed by atoms with E-state index < -0.39 is 0 Å². The van der Waals surface area contributed by atoms with Gasteiger partial charge in [-0.1, -0.05) is 26.3 Å². The lowest BCUT2D eigenvalue weighted by atomic mass is 10.1. The maximum absolute atomic E-state index is 11.0. The third-order valence-corrected chi connectivity index (χ3v) is 3.57. The molecule has 1 unspecified atom stereocenters. The Morgan fingerprint density at radius 3 is 2.68 bits per heavy atom. The SMILES string of the molecule is CCCC(CS)COc1ccc(CC)cc1[N+](=O)[O-]. The third-order valence-electron chi connectivity index (χ3n) is 3.06. The maximum Gasteiger partial charge on any atom is 0.311 e. The number of thiol groups is 1. The van der Waals surface area contributed by atoms with Crippen LogP contribution in [0.3, 0.4) is 0 Å². The van der Waals surface area contributed by atoms with Gasteiger partial charge in [0.2, 0.25) is 0 Å². The van der Waals surface area contributed by atoms with Gasteiger partial charge in [0.05, 0.1) is 11.5 Å². The van der Waals surface area contributed by atoms with Gasteiger partial charge in [-0.05, 0) is 30.2 Å². The Kier molecular flexibility index (Phi) is 6.70. The number of aryl methyl sites for hydroxylation is 1. The summed E-state index contributed by atoms with van der Waals surface area (Å²) in [6.07, 6.45) is 2.85. The first kappa shape index (κ1) is 15.8. The Hall–Kier alpha value is -1.23. The smallest absolute Gasteiger partial charge is 0.311 e. The Bertz CT molecular complexity index is 423. The zero-order valence-electron chi connectivity index (χ0n) is 11.5. The minimum Gasteiger partial charge on any atom is -0.486 e. The Balaban J connectivity index is 2.79. The van der Waals surface area contributed by atoms with E-state index in [0.717, 1.165) is 30.6 Å². The lowest BCUT2D eigenvalue weighted by Gasteiger charge is -2.14. The van der Waals surface area contributed by atoms with Gasteiger partial charge in [0.25, 0.3) is 0 Å². The lowest BCUT2D eigenvalue weighted by molar-refractivity contribution is -0.386. The largest absolute Gasteiger partial charge is 0.486 e. The number of ether oxygens (including phenoxy) is 1. The first-order valence-corrected chi connectivity index (χ1v) is 7.26. The molecule has 0 aromatic heterocycles. The van der Waals surface area contributed by atoms with E-state index in [1.807, 2.05) is 13.0 Å². The highest BCUT2D eigenvalue weighted by Gasteiger charge is 2.17. The molecule has 1 aromatic rings. The predicted molar refractivity (Wildman–Crippen MR) is 80.2 cm³/mol. The molecule has 0 radical (unpaired) electrons. The molecule has 0 N–H and O–H groups in total. The summed E-state index contributed by atoms with van der Waals surface area (Å²) in [4.78, 5) is 10.7. The van der Waals surface area contributed by atoms with Gasteiger partial charge < -0.3 is 4.74 Å². The van der Waals surface area contributed by atoms with Crippen molar-refractivity contribution < 1.29 is 9.66 Å². The molecule has 106 valence electrons. The predicted octanol–water partition coefficient (Wildman–Crippen LogP) is 3.88. The fraction of sp³-hybridized carbons (Fsp3) is 0.571. The zero-order chi connectivity index (χ0) is 14.3. The van der Waals surface area contributed by atoms with Crippen molar-refractivity contribution >= 4 is 18.3 Å². The number of nitro groups is 1. The first-order chi connectivity index (χ1) is 9.12. The lowest BCUT2D eigenvalue weighted by Crippen LogP contribution is -2.14. The van der Waals surface area contributed by atoms with Crippen molar-refractivity contribution in [2.45, 2.75) is 33.1 Å². The highest BCUT2D eigenvalue weighted by atomic mass is 32.1. The molecule has 0 saturated carbocycles. The maximum atomic E-state index is 11.0. The van der Waals surface area contributed by atoms with Crippen LogP contribution < -0.4 is 4.74 Å². The third kappa shape index (κ3) is 4.74. The highest BCUT2D eigenvalue weighted by Crippen LogP contribution is 2.29. The number of hydrogen-bond acceptors (Lipinski definition) is 4. The molecule has 0 spiro atoms. The van der Waals surface area contributed by atoms with Crippen LogP contribution in [0.4, 0.5) is 5.69 Å². The molecule has 0 aliphatic rings. The molecule has 1 aromatic carbocycles. The van der Waals surface area contributed by atoms with E-state index in [0.29, 0.717) is 18.3 Å². The van der Waals surface area contributed by atoms with Crippen molar-refractivity contribution in [2.75, 3.05) is 12.4 Å². The Morgan fingerprint density at radius 1 is 1.42 bits per heavy atom. The fourth-order valence-electron chi connectivity index (χ4n) is 1.89. The average Bonchev–Trinajstić information content (AvgIpc) is 2.43. The number of hydrogen-bond donors (Lipinski definition) is 1. The normalized spacial score (nSPS) is 12.2. The summed E-state index contributed by atoms with van der Waals surface area (Å²) in [6.45, 7) is 4.55. The van der Waals surface area contributed by atoms with Gasteiger partial charge in [0.1, 0.15) is 0 Å². The van der Waals surface area contributed by atoms with Gasteiger partial charge in [-0.25, -0.2) is 0 Å². The summed E-state index contributed by atoms with van der Waals surface area (Å²) in [5.41, 5.74) is 0.993. The number of rotatable bonds is 8. The molecule has 0 fully saturated rings. The molecular weight excluding hydrogens is 262 g/mol. The number of nitrogens with zero attached hydrogens (tertiary/aromatic N) is 1.